The van der Waals surface area contributed by atoms with Crippen molar-refractivity contribution < 1.29 is 9.59 Å². The molecule has 1 saturated carbocycles. The molecule has 1 aliphatic rings. The van der Waals surface area contributed by atoms with E-state index in [1.807, 2.05) is 24.3 Å². The van der Waals surface area contributed by atoms with Gasteiger partial charge in [-0.05, 0) is 59.5 Å². The number of halogens is 1. The van der Waals surface area contributed by atoms with Crippen LogP contribution in [0.3, 0.4) is 0 Å². The fourth-order valence-corrected chi connectivity index (χ4v) is 3.24. The molecule has 1 atom stereocenters. The molecule has 108 valence electrons. The number of rotatable bonds is 4. The van der Waals surface area contributed by atoms with E-state index in [9.17, 15) is 9.59 Å². The molecule has 0 radical (unpaired) electrons. The molecule has 4 nitrogen and oxygen atoms in total. The SMILES string of the molecule is CC(=O)NC(C(=O)Nc1cccc(I)c1)C1CCCC1. The first-order valence-electron chi connectivity index (χ1n) is 6.90. The second-order valence-corrected chi connectivity index (χ2v) is 6.47. The van der Waals surface area contributed by atoms with Gasteiger partial charge in [0.25, 0.3) is 0 Å². The molecule has 20 heavy (non-hydrogen) atoms. The number of carbonyl (C=O) groups excluding carboxylic acids is 2. The van der Waals surface area contributed by atoms with Crippen LogP contribution in [0.5, 0.6) is 0 Å². The van der Waals surface area contributed by atoms with Gasteiger partial charge in [0.2, 0.25) is 11.8 Å². The Morgan fingerprint density at radius 1 is 1.30 bits per heavy atom. The van der Waals surface area contributed by atoms with E-state index in [-0.39, 0.29) is 17.7 Å². The van der Waals surface area contributed by atoms with Gasteiger partial charge in [-0.15, -0.1) is 0 Å². The normalized spacial score (nSPS) is 16.7. The number of hydrogen-bond donors (Lipinski definition) is 2. The second kappa shape index (κ2) is 7.06. The first-order valence-corrected chi connectivity index (χ1v) is 7.97. The van der Waals surface area contributed by atoms with Crippen molar-refractivity contribution in [2.75, 3.05) is 5.32 Å². The van der Waals surface area contributed by atoms with E-state index in [2.05, 4.69) is 33.2 Å². The van der Waals surface area contributed by atoms with Gasteiger partial charge in [-0.1, -0.05) is 18.9 Å². The maximum absolute atomic E-state index is 12.4. The largest absolute Gasteiger partial charge is 0.344 e. The molecule has 0 spiro atoms. The van der Waals surface area contributed by atoms with Gasteiger partial charge in [0, 0.05) is 16.2 Å². The molecule has 5 heteroatoms. The van der Waals surface area contributed by atoms with Gasteiger partial charge in [-0.2, -0.15) is 0 Å². The van der Waals surface area contributed by atoms with Crippen LogP contribution >= 0.6 is 22.6 Å². The number of amides is 2. The van der Waals surface area contributed by atoms with Crippen LogP contribution in [-0.2, 0) is 9.59 Å². The molecule has 1 aromatic rings. The highest BCUT2D eigenvalue weighted by molar-refractivity contribution is 14.1. The Balaban J connectivity index is 2.07. The van der Waals surface area contributed by atoms with E-state index in [0.717, 1.165) is 34.9 Å². The molecule has 1 fully saturated rings. The van der Waals surface area contributed by atoms with Crippen molar-refractivity contribution in [2.24, 2.45) is 5.92 Å². The third-order valence-electron chi connectivity index (χ3n) is 3.60. The maximum Gasteiger partial charge on any atom is 0.247 e. The average Bonchev–Trinajstić information content (AvgIpc) is 2.89. The molecule has 0 aliphatic heterocycles. The lowest BCUT2D eigenvalue weighted by molar-refractivity contribution is -0.126. The van der Waals surface area contributed by atoms with Gasteiger partial charge < -0.3 is 10.6 Å². The van der Waals surface area contributed by atoms with Crippen molar-refractivity contribution in [3.63, 3.8) is 0 Å². The van der Waals surface area contributed by atoms with Crippen molar-refractivity contribution in [1.82, 2.24) is 5.32 Å². The average molecular weight is 386 g/mol. The smallest absolute Gasteiger partial charge is 0.247 e. The predicted octanol–water partition coefficient (Wildman–Crippen LogP) is 2.92. The number of nitrogens with one attached hydrogen (secondary N) is 2. The third kappa shape index (κ3) is 4.19. The summed E-state index contributed by atoms with van der Waals surface area (Å²) in [7, 11) is 0. The molecule has 2 amide bonds. The zero-order valence-electron chi connectivity index (χ0n) is 11.5. The van der Waals surface area contributed by atoms with Gasteiger partial charge in [-0.3, -0.25) is 9.59 Å². The summed E-state index contributed by atoms with van der Waals surface area (Å²) >= 11 is 2.21. The van der Waals surface area contributed by atoms with E-state index in [1.165, 1.54) is 6.92 Å². The van der Waals surface area contributed by atoms with E-state index in [0.29, 0.717) is 0 Å². The summed E-state index contributed by atoms with van der Waals surface area (Å²) in [5.41, 5.74) is 0.773. The fourth-order valence-electron chi connectivity index (χ4n) is 2.69. The Labute approximate surface area is 132 Å². The topological polar surface area (TPSA) is 58.2 Å². The highest BCUT2D eigenvalue weighted by Gasteiger charge is 2.31. The second-order valence-electron chi connectivity index (χ2n) is 5.22. The molecule has 0 heterocycles. The van der Waals surface area contributed by atoms with Gasteiger partial charge in [-0.25, -0.2) is 0 Å². The molecule has 0 saturated heterocycles. The molecule has 1 aromatic carbocycles. The number of hydrogen-bond acceptors (Lipinski definition) is 2. The van der Waals surface area contributed by atoms with Crippen molar-refractivity contribution in [1.29, 1.82) is 0 Å². The Hall–Kier alpha value is -1.11. The van der Waals surface area contributed by atoms with Crippen LogP contribution in [0.1, 0.15) is 32.6 Å². The minimum absolute atomic E-state index is 0.117. The monoisotopic (exact) mass is 386 g/mol. The summed E-state index contributed by atoms with van der Waals surface area (Å²) in [5, 5.41) is 5.71. The predicted molar refractivity (Wildman–Crippen MR) is 87.4 cm³/mol. The Morgan fingerprint density at radius 2 is 2.00 bits per heavy atom. The molecule has 2 rings (SSSR count). The van der Waals surface area contributed by atoms with Gasteiger partial charge in [0.1, 0.15) is 6.04 Å². The van der Waals surface area contributed by atoms with E-state index >= 15 is 0 Å². The first-order chi connectivity index (χ1) is 9.56. The summed E-state index contributed by atoms with van der Waals surface area (Å²) in [6.07, 6.45) is 4.28. The summed E-state index contributed by atoms with van der Waals surface area (Å²) in [6, 6.07) is 7.23. The molecular formula is C15H19IN2O2. The van der Waals surface area contributed by atoms with Crippen LogP contribution in [0.15, 0.2) is 24.3 Å². The molecular weight excluding hydrogens is 367 g/mol. The lowest BCUT2D eigenvalue weighted by Crippen LogP contribution is -2.47. The van der Waals surface area contributed by atoms with E-state index in [1.54, 1.807) is 0 Å². The molecule has 1 aliphatic carbocycles. The Kier molecular flexibility index (Phi) is 5.39. The van der Waals surface area contributed by atoms with Crippen LogP contribution in [0.25, 0.3) is 0 Å². The lowest BCUT2D eigenvalue weighted by Gasteiger charge is -2.23. The highest BCUT2D eigenvalue weighted by Crippen LogP contribution is 2.28. The summed E-state index contributed by atoms with van der Waals surface area (Å²) < 4.78 is 1.07. The van der Waals surface area contributed by atoms with E-state index in [4.69, 9.17) is 0 Å². The minimum Gasteiger partial charge on any atom is -0.344 e. The summed E-state index contributed by atoms with van der Waals surface area (Å²) in [4.78, 5) is 23.7. The molecule has 0 aromatic heterocycles. The van der Waals surface area contributed by atoms with Crippen molar-refractivity contribution in [3.8, 4) is 0 Å². The van der Waals surface area contributed by atoms with Crippen LogP contribution < -0.4 is 10.6 Å². The number of benzene rings is 1. The van der Waals surface area contributed by atoms with Crippen LogP contribution in [0.4, 0.5) is 5.69 Å². The number of anilines is 1. The Bertz CT molecular complexity index is 498. The summed E-state index contributed by atoms with van der Waals surface area (Å²) in [6.45, 7) is 1.46. The summed E-state index contributed by atoms with van der Waals surface area (Å²) in [5.74, 6) is -0.0181. The standard InChI is InChI=1S/C15H19IN2O2/c1-10(19)17-14(11-5-2-3-6-11)15(20)18-13-8-4-7-12(16)9-13/h4,7-9,11,14H,2-3,5-6H2,1H3,(H,17,19)(H,18,20). The zero-order valence-corrected chi connectivity index (χ0v) is 13.6. The molecule has 2 N–H and O–H groups in total. The van der Waals surface area contributed by atoms with Crippen molar-refractivity contribution in [2.45, 2.75) is 38.6 Å². The van der Waals surface area contributed by atoms with Crippen LogP contribution in [0.2, 0.25) is 0 Å². The Morgan fingerprint density at radius 3 is 2.60 bits per heavy atom. The van der Waals surface area contributed by atoms with Crippen molar-refractivity contribution in [3.05, 3.63) is 27.8 Å². The van der Waals surface area contributed by atoms with Crippen LogP contribution in [-0.4, -0.2) is 17.9 Å². The quantitative estimate of drug-likeness (QED) is 0.782. The fraction of sp³-hybridized carbons (Fsp3) is 0.467. The third-order valence-corrected chi connectivity index (χ3v) is 4.28. The van der Waals surface area contributed by atoms with Gasteiger partial charge >= 0.3 is 0 Å². The van der Waals surface area contributed by atoms with E-state index < -0.39 is 6.04 Å². The maximum atomic E-state index is 12.4. The minimum atomic E-state index is -0.423. The lowest BCUT2D eigenvalue weighted by atomic mass is 9.97. The first kappa shape index (κ1) is 15.3. The zero-order chi connectivity index (χ0) is 14.5. The number of carbonyl (C=O) groups is 2. The van der Waals surface area contributed by atoms with Gasteiger partial charge in [0.15, 0.2) is 0 Å². The van der Waals surface area contributed by atoms with Crippen molar-refractivity contribution >= 4 is 40.1 Å². The highest BCUT2D eigenvalue weighted by atomic mass is 127. The van der Waals surface area contributed by atoms with Crippen LogP contribution in [0, 0.1) is 9.49 Å². The van der Waals surface area contributed by atoms with Gasteiger partial charge in [0.05, 0.1) is 0 Å². The molecule has 0 bridgehead atoms. The molecule has 1 unspecified atom stereocenters.